The van der Waals surface area contributed by atoms with Crippen LogP contribution in [0.25, 0.3) is 0 Å². The van der Waals surface area contributed by atoms with E-state index in [9.17, 15) is 77.1 Å². The number of esters is 5. The molecule has 0 amide bonds. The van der Waals surface area contributed by atoms with E-state index in [1.165, 1.54) is 20.8 Å². The average Bonchev–Trinajstić information content (AvgIpc) is 3.07. The van der Waals surface area contributed by atoms with Crippen molar-refractivity contribution in [1.82, 2.24) is 0 Å². The summed E-state index contributed by atoms with van der Waals surface area (Å²) in [5.74, 6) is -23.7. The molecule has 0 atom stereocenters. The van der Waals surface area contributed by atoms with Gasteiger partial charge in [-0.05, 0) is 41.5 Å². The van der Waals surface area contributed by atoms with E-state index in [2.05, 4.69) is 43.4 Å². The molecule has 1 aromatic carbocycles. The second kappa shape index (κ2) is 24.5. The van der Waals surface area contributed by atoms with Gasteiger partial charge in [0.15, 0.2) is 37.1 Å². The molecule has 0 radical (unpaired) electrons. The summed E-state index contributed by atoms with van der Waals surface area (Å²) in [5.41, 5.74) is -3.37. The van der Waals surface area contributed by atoms with Crippen LogP contribution < -0.4 is 4.74 Å². The monoisotopic (exact) mass is 860 g/mol. The Morgan fingerprint density at radius 2 is 0.931 bits per heavy atom. The molecule has 0 aliphatic carbocycles. The zero-order valence-corrected chi connectivity index (χ0v) is 32.8. The van der Waals surface area contributed by atoms with E-state index in [0.29, 0.717) is 13.8 Å². The second-order valence-electron chi connectivity index (χ2n) is 12.5. The van der Waals surface area contributed by atoms with E-state index in [4.69, 9.17) is 0 Å². The Labute approximate surface area is 326 Å². The topological polar surface area (TPSA) is 149 Å². The lowest BCUT2D eigenvalue weighted by atomic mass is 10.0. The first kappa shape index (κ1) is 57.0. The number of carbonyl (C=O) groups is 6. The molecule has 0 aliphatic heterocycles. The van der Waals surface area contributed by atoms with Crippen LogP contribution >= 0.6 is 0 Å². The highest BCUT2D eigenvalue weighted by Crippen LogP contribution is 2.34. The lowest BCUT2D eigenvalue weighted by molar-refractivity contribution is -0.166. The molecule has 1 rings (SSSR count). The van der Waals surface area contributed by atoms with E-state index in [0.717, 1.165) is 27.7 Å². The molecule has 22 heteroatoms. The quantitative estimate of drug-likeness (QED) is 0.0322. The van der Waals surface area contributed by atoms with Crippen LogP contribution in [-0.2, 0) is 47.7 Å². The number of rotatable bonds is 15. The Kier molecular flexibility index (Phi) is 24.0. The van der Waals surface area contributed by atoms with Crippen molar-refractivity contribution in [2.24, 2.45) is 0 Å². The summed E-state index contributed by atoms with van der Waals surface area (Å²) in [6, 6.07) is 0. The highest BCUT2D eigenvalue weighted by molar-refractivity contribution is 6.32. The summed E-state index contributed by atoms with van der Waals surface area (Å²) in [7, 11) is 0. The minimum atomic E-state index is -3.51. The molecule has 330 valence electrons. The van der Waals surface area contributed by atoms with Gasteiger partial charge in [-0.15, -0.1) is 0 Å². The maximum Gasteiger partial charge on any atom is 0.374 e. The number of ketones is 1. The Bertz CT molecular complexity index is 1640. The maximum atomic E-state index is 13.2. The summed E-state index contributed by atoms with van der Waals surface area (Å²) < 4.78 is 161. The van der Waals surface area contributed by atoms with E-state index < -0.39 is 126 Å². The van der Waals surface area contributed by atoms with E-state index in [1.807, 2.05) is 0 Å². The number of benzene rings is 1. The second-order valence-corrected chi connectivity index (χ2v) is 12.5. The number of hydrogen-bond donors (Lipinski definition) is 0. The summed E-state index contributed by atoms with van der Waals surface area (Å²) in [6.07, 6.45) is -0.838. The zero-order valence-electron chi connectivity index (χ0n) is 32.8. The van der Waals surface area contributed by atoms with Crippen molar-refractivity contribution in [3.63, 3.8) is 0 Å². The highest BCUT2D eigenvalue weighted by atomic mass is 19.3. The van der Waals surface area contributed by atoms with Gasteiger partial charge >= 0.3 is 29.8 Å². The predicted octanol–water partition coefficient (Wildman–Crippen LogP) is 7.99. The fraction of sp³-hybridized carbons (Fsp3) is 0.500. The van der Waals surface area contributed by atoms with Crippen molar-refractivity contribution in [3.8, 4) is 5.75 Å². The number of carbonyl (C=O) groups excluding carboxylic acids is 6. The number of halogens is 11. The number of ether oxygens (including phenoxy) is 5. The lowest BCUT2D eigenvalue weighted by Crippen LogP contribution is -2.39. The van der Waals surface area contributed by atoms with Crippen LogP contribution in [-0.4, -0.2) is 85.5 Å². The number of Topliss-reactive ketones (excluding diaryl/α,β-unsaturated/α-hetero) is 1. The largest absolute Gasteiger partial charge is 0.462 e. The molecular weight excluding hydrogens is 817 g/mol. The van der Waals surface area contributed by atoms with Crippen molar-refractivity contribution in [2.45, 2.75) is 92.2 Å². The van der Waals surface area contributed by atoms with E-state index in [1.54, 1.807) is 0 Å². The first-order chi connectivity index (χ1) is 25.9. The van der Waals surface area contributed by atoms with Gasteiger partial charge in [-0.25, -0.2) is 63.5 Å². The third kappa shape index (κ3) is 24.4. The first-order valence-corrected chi connectivity index (χ1v) is 15.9. The van der Waals surface area contributed by atoms with Gasteiger partial charge < -0.3 is 23.7 Å². The Hall–Kier alpha value is -5.31. The SMILES string of the molecule is C=C(C)C(=O)OCC(C)(F)F.C=C(C)C(=O)OCCC(F)(F)C(C)(C)F.C=C(C)C(=O)Oc1c(F)c(F)c(C)c(F)c1F.CC(=O)C(=O)OCC(=O)OCC(C)(F)F. The van der Waals surface area contributed by atoms with Crippen molar-refractivity contribution < 1.29 is 101 Å². The van der Waals surface area contributed by atoms with Crippen molar-refractivity contribution in [3.05, 3.63) is 65.3 Å². The van der Waals surface area contributed by atoms with Gasteiger partial charge in [0.2, 0.25) is 23.2 Å². The molecule has 11 nitrogen and oxygen atoms in total. The molecule has 0 aromatic heterocycles. The van der Waals surface area contributed by atoms with Gasteiger partial charge in [-0.2, -0.15) is 8.78 Å². The van der Waals surface area contributed by atoms with Gasteiger partial charge in [0, 0.05) is 49.5 Å². The molecule has 0 spiro atoms. The summed E-state index contributed by atoms with van der Waals surface area (Å²) in [5, 5.41) is 0. The van der Waals surface area contributed by atoms with Crippen LogP contribution in [0.5, 0.6) is 5.75 Å². The molecule has 0 bridgehead atoms. The normalized spacial score (nSPS) is 11.0. The lowest BCUT2D eigenvalue weighted by Gasteiger charge is -2.26. The third-order valence-electron chi connectivity index (χ3n) is 5.75. The molecule has 1 aromatic rings. The van der Waals surface area contributed by atoms with Gasteiger partial charge in [0.25, 0.3) is 17.8 Å². The van der Waals surface area contributed by atoms with E-state index in [-0.39, 0.29) is 16.7 Å². The summed E-state index contributed by atoms with van der Waals surface area (Å²) in [4.78, 5) is 63.9. The van der Waals surface area contributed by atoms with Crippen molar-refractivity contribution in [1.29, 1.82) is 0 Å². The predicted molar refractivity (Wildman–Crippen MR) is 182 cm³/mol. The summed E-state index contributed by atoms with van der Waals surface area (Å²) >= 11 is 0. The van der Waals surface area contributed by atoms with Gasteiger partial charge in [-0.1, -0.05) is 19.7 Å². The minimum absolute atomic E-state index is 0.120. The van der Waals surface area contributed by atoms with Crippen LogP contribution in [0.15, 0.2) is 36.5 Å². The minimum Gasteiger partial charge on any atom is -0.462 e. The maximum absolute atomic E-state index is 13.2. The Balaban J connectivity index is -0.000000703. The fourth-order valence-corrected chi connectivity index (χ4v) is 2.47. The molecule has 0 fully saturated rings. The molecule has 0 N–H and O–H groups in total. The Morgan fingerprint density at radius 3 is 1.28 bits per heavy atom. The van der Waals surface area contributed by atoms with Crippen LogP contribution in [0.3, 0.4) is 0 Å². The molecule has 58 heavy (non-hydrogen) atoms. The third-order valence-corrected chi connectivity index (χ3v) is 5.75. The zero-order chi connectivity index (χ0) is 46.7. The van der Waals surface area contributed by atoms with Crippen molar-refractivity contribution >= 4 is 35.6 Å². The average molecular weight is 861 g/mol. The van der Waals surface area contributed by atoms with E-state index >= 15 is 0 Å². The molecule has 0 saturated heterocycles. The molecule has 0 saturated carbocycles. The smallest absolute Gasteiger partial charge is 0.374 e. The first-order valence-electron chi connectivity index (χ1n) is 15.9. The van der Waals surface area contributed by atoms with Crippen LogP contribution in [0.2, 0.25) is 0 Å². The molecule has 0 unspecified atom stereocenters. The Morgan fingerprint density at radius 1 is 0.552 bits per heavy atom. The van der Waals surface area contributed by atoms with Crippen LogP contribution in [0.1, 0.15) is 67.4 Å². The standard InChI is InChI=1S/C11H8F4O2.C10H15F3O2.C8H10F2O5.C7H10F2O2/c1-4(2)11(16)17-10-8(14)6(12)5(3)7(13)9(10)15;1-7(2)8(14)15-6-5-10(12,13)9(3,4)11;1-5(11)7(13)14-3-6(12)15-4-8(2,9)10;1-5(2)6(10)11-4-7(3,8)9/h1H2,2-3H3;1,5-6H2,2-4H3;3-4H2,1-2H3;1,4H2,2-3H3. The molecular formula is C36H43F11O11. The number of alkyl halides is 7. The van der Waals surface area contributed by atoms with Gasteiger partial charge in [-0.3, -0.25) is 4.79 Å². The van der Waals surface area contributed by atoms with Crippen LogP contribution in [0.4, 0.5) is 48.3 Å². The summed E-state index contributed by atoms with van der Waals surface area (Å²) in [6.45, 7) is 15.0. The fourth-order valence-electron chi connectivity index (χ4n) is 2.47. The van der Waals surface area contributed by atoms with Crippen molar-refractivity contribution in [2.75, 3.05) is 26.4 Å². The molecule has 0 heterocycles. The van der Waals surface area contributed by atoms with Gasteiger partial charge in [0.1, 0.15) is 0 Å². The highest BCUT2D eigenvalue weighted by Gasteiger charge is 2.47. The van der Waals surface area contributed by atoms with Gasteiger partial charge in [0.05, 0.1) is 6.61 Å². The number of hydrogen-bond acceptors (Lipinski definition) is 11. The molecule has 0 aliphatic rings. The van der Waals surface area contributed by atoms with Crippen LogP contribution in [0, 0.1) is 30.2 Å².